The third kappa shape index (κ3) is 9.48. The lowest BCUT2D eigenvalue weighted by Gasteiger charge is -2.33. The van der Waals surface area contributed by atoms with Crippen molar-refractivity contribution in [2.24, 2.45) is 10.9 Å². The predicted molar refractivity (Wildman–Crippen MR) is 117 cm³/mol. The van der Waals surface area contributed by atoms with Gasteiger partial charge in [-0.3, -0.25) is 9.79 Å². The maximum absolute atomic E-state index is 12.0. The lowest BCUT2D eigenvalue weighted by molar-refractivity contribution is -0.146. The highest BCUT2D eigenvalue weighted by Gasteiger charge is 2.27. The number of amides is 1. The molecular formula is C18H35IN4O4. The van der Waals surface area contributed by atoms with Crippen molar-refractivity contribution in [2.45, 2.75) is 46.1 Å². The van der Waals surface area contributed by atoms with Gasteiger partial charge in [0.2, 0.25) is 0 Å². The standard InChI is InChI=1S/C18H34N4O4.HI/c1-7-19-16(22-11-8-14(9-12-22)15(23)25-6)20-10-13-21(5)17(24)26-18(2,3)4;/h14H,7-13H2,1-6H3,(H,19,20);1H. The first-order valence-corrected chi connectivity index (χ1v) is 9.23. The van der Waals surface area contributed by atoms with Crippen molar-refractivity contribution < 1.29 is 19.1 Å². The Bertz CT molecular complexity index is 500. The average Bonchev–Trinajstić information content (AvgIpc) is 2.58. The second kappa shape index (κ2) is 12.2. The summed E-state index contributed by atoms with van der Waals surface area (Å²) in [5.74, 6) is 0.649. The van der Waals surface area contributed by atoms with Crippen molar-refractivity contribution in [3.8, 4) is 0 Å². The Morgan fingerprint density at radius 3 is 2.33 bits per heavy atom. The highest BCUT2D eigenvalue weighted by atomic mass is 127. The molecule has 0 radical (unpaired) electrons. The Hall–Kier alpha value is -1.26. The van der Waals surface area contributed by atoms with Crippen LogP contribution in [-0.4, -0.2) is 80.3 Å². The molecule has 8 nitrogen and oxygen atoms in total. The zero-order valence-corrected chi connectivity index (χ0v) is 19.7. The minimum atomic E-state index is -0.506. The summed E-state index contributed by atoms with van der Waals surface area (Å²) in [4.78, 5) is 31.9. The molecule has 0 aromatic carbocycles. The summed E-state index contributed by atoms with van der Waals surface area (Å²) in [6.07, 6.45) is 1.17. The summed E-state index contributed by atoms with van der Waals surface area (Å²) in [5, 5.41) is 3.28. The van der Waals surface area contributed by atoms with E-state index in [4.69, 9.17) is 9.47 Å². The molecule has 0 unspecified atom stereocenters. The van der Waals surface area contributed by atoms with Crippen LogP contribution in [0.15, 0.2) is 4.99 Å². The van der Waals surface area contributed by atoms with Gasteiger partial charge in [-0.2, -0.15) is 0 Å². The van der Waals surface area contributed by atoms with Gasteiger partial charge in [0.05, 0.1) is 19.6 Å². The number of ether oxygens (including phenoxy) is 2. The van der Waals surface area contributed by atoms with Gasteiger partial charge in [-0.25, -0.2) is 4.79 Å². The molecule has 1 aliphatic heterocycles. The number of hydrogen-bond donors (Lipinski definition) is 1. The summed E-state index contributed by atoms with van der Waals surface area (Å²) < 4.78 is 10.2. The van der Waals surface area contributed by atoms with Gasteiger partial charge in [-0.15, -0.1) is 24.0 Å². The van der Waals surface area contributed by atoms with Crippen LogP contribution in [-0.2, 0) is 14.3 Å². The number of hydrogen-bond acceptors (Lipinski definition) is 5. The fourth-order valence-electron chi connectivity index (χ4n) is 2.66. The first-order valence-electron chi connectivity index (χ1n) is 9.23. The number of methoxy groups -OCH3 is 1. The molecule has 1 heterocycles. The summed E-state index contributed by atoms with van der Waals surface area (Å²) in [6, 6.07) is 0. The van der Waals surface area contributed by atoms with Crippen LogP contribution in [0.1, 0.15) is 40.5 Å². The molecule has 0 aromatic rings. The van der Waals surface area contributed by atoms with E-state index in [1.807, 2.05) is 27.7 Å². The van der Waals surface area contributed by atoms with E-state index < -0.39 is 5.60 Å². The van der Waals surface area contributed by atoms with Gasteiger partial charge in [-0.05, 0) is 40.5 Å². The van der Waals surface area contributed by atoms with Crippen molar-refractivity contribution in [3.63, 3.8) is 0 Å². The third-order valence-electron chi connectivity index (χ3n) is 4.07. The predicted octanol–water partition coefficient (Wildman–Crippen LogP) is 2.32. The van der Waals surface area contributed by atoms with Gasteiger partial charge in [0.1, 0.15) is 5.60 Å². The normalized spacial score (nSPS) is 15.6. The number of piperidine rings is 1. The molecule has 158 valence electrons. The van der Waals surface area contributed by atoms with Gasteiger partial charge in [0.15, 0.2) is 5.96 Å². The smallest absolute Gasteiger partial charge is 0.410 e. The fraction of sp³-hybridized carbons (Fsp3) is 0.833. The van der Waals surface area contributed by atoms with Gasteiger partial charge in [0.25, 0.3) is 0 Å². The van der Waals surface area contributed by atoms with Gasteiger partial charge >= 0.3 is 12.1 Å². The number of aliphatic imine (C=N–C) groups is 1. The molecule has 0 saturated carbocycles. The zero-order valence-electron chi connectivity index (χ0n) is 17.4. The monoisotopic (exact) mass is 498 g/mol. The summed E-state index contributed by atoms with van der Waals surface area (Å²) in [7, 11) is 3.14. The Morgan fingerprint density at radius 2 is 1.85 bits per heavy atom. The lowest BCUT2D eigenvalue weighted by Crippen LogP contribution is -2.47. The molecule has 0 spiro atoms. The highest BCUT2D eigenvalue weighted by molar-refractivity contribution is 14.0. The molecule has 27 heavy (non-hydrogen) atoms. The molecule has 1 fully saturated rings. The van der Waals surface area contributed by atoms with Gasteiger partial charge in [-0.1, -0.05) is 0 Å². The Labute approximate surface area is 180 Å². The number of nitrogens with one attached hydrogen (secondary N) is 1. The van der Waals surface area contributed by atoms with Crippen LogP contribution < -0.4 is 5.32 Å². The van der Waals surface area contributed by atoms with Crippen LogP contribution >= 0.6 is 24.0 Å². The SMILES string of the molecule is CCNC(=NCCN(C)C(=O)OC(C)(C)C)N1CCC(C(=O)OC)CC1.I. The highest BCUT2D eigenvalue weighted by Crippen LogP contribution is 2.18. The van der Waals surface area contributed by atoms with Crippen LogP contribution in [0.2, 0.25) is 0 Å². The van der Waals surface area contributed by atoms with E-state index in [-0.39, 0.29) is 42.0 Å². The van der Waals surface area contributed by atoms with Gasteiger partial charge < -0.3 is 24.6 Å². The molecule has 0 atom stereocenters. The fourth-order valence-corrected chi connectivity index (χ4v) is 2.66. The van der Waals surface area contributed by atoms with Crippen molar-refractivity contribution in [1.82, 2.24) is 15.1 Å². The first-order chi connectivity index (χ1) is 12.2. The van der Waals surface area contributed by atoms with Crippen LogP contribution in [0.3, 0.4) is 0 Å². The molecule has 0 bridgehead atoms. The maximum atomic E-state index is 12.0. The maximum Gasteiger partial charge on any atom is 0.410 e. The number of carbonyl (C=O) groups is 2. The van der Waals surface area contributed by atoms with Crippen molar-refractivity contribution in [1.29, 1.82) is 0 Å². The molecule has 9 heteroatoms. The first kappa shape index (κ1) is 25.7. The van der Waals surface area contributed by atoms with Crippen LogP contribution in [0.5, 0.6) is 0 Å². The number of esters is 1. The van der Waals surface area contributed by atoms with E-state index in [0.717, 1.165) is 38.4 Å². The van der Waals surface area contributed by atoms with E-state index >= 15 is 0 Å². The molecule has 0 aromatic heterocycles. The summed E-state index contributed by atoms with van der Waals surface area (Å²) in [5.41, 5.74) is -0.506. The average molecular weight is 498 g/mol. The molecular weight excluding hydrogens is 463 g/mol. The minimum absolute atomic E-state index is 0. The lowest BCUT2D eigenvalue weighted by atomic mass is 9.97. The van der Waals surface area contributed by atoms with Crippen molar-refractivity contribution in [3.05, 3.63) is 0 Å². The minimum Gasteiger partial charge on any atom is -0.469 e. The van der Waals surface area contributed by atoms with E-state index in [1.54, 1.807) is 7.05 Å². The van der Waals surface area contributed by atoms with Crippen LogP contribution in [0.4, 0.5) is 4.79 Å². The van der Waals surface area contributed by atoms with Crippen molar-refractivity contribution in [2.75, 3.05) is 46.9 Å². The largest absolute Gasteiger partial charge is 0.469 e. The van der Waals surface area contributed by atoms with E-state index in [1.165, 1.54) is 12.0 Å². The number of likely N-dealkylation sites (tertiary alicyclic amines) is 1. The Kier molecular flexibility index (Phi) is 11.7. The number of likely N-dealkylation sites (N-methyl/N-ethyl adjacent to an activating group) is 1. The third-order valence-corrected chi connectivity index (χ3v) is 4.07. The second-order valence-electron chi connectivity index (χ2n) is 7.42. The van der Waals surface area contributed by atoms with Crippen LogP contribution in [0, 0.1) is 5.92 Å². The topological polar surface area (TPSA) is 83.5 Å². The molecule has 1 saturated heterocycles. The molecule has 1 rings (SSSR count). The Morgan fingerprint density at radius 1 is 1.26 bits per heavy atom. The Balaban J connectivity index is 0.00000676. The summed E-state index contributed by atoms with van der Waals surface area (Å²) in [6.45, 7) is 10.8. The number of carbonyl (C=O) groups excluding carboxylic acids is 2. The molecule has 1 N–H and O–H groups in total. The van der Waals surface area contributed by atoms with E-state index in [9.17, 15) is 9.59 Å². The number of halogens is 1. The second-order valence-corrected chi connectivity index (χ2v) is 7.42. The molecule has 1 aliphatic rings. The quantitative estimate of drug-likeness (QED) is 0.271. The van der Waals surface area contributed by atoms with Gasteiger partial charge in [0, 0.05) is 33.2 Å². The number of nitrogens with zero attached hydrogens (tertiary/aromatic N) is 3. The summed E-state index contributed by atoms with van der Waals surface area (Å²) >= 11 is 0. The molecule has 1 amide bonds. The van der Waals surface area contributed by atoms with E-state index in [0.29, 0.717) is 13.1 Å². The van der Waals surface area contributed by atoms with Crippen LogP contribution in [0.25, 0.3) is 0 Å². The zero-order chi connectivity index (χ0) is 19.7. The number of rotatable bonds is 5. The van der Waals surface area contributed by atoms with E-state index in [2.05, 4.69) is 15.2 Å². The number of guanidine groups is 1. The molecule has 0 aliphatic carbocycles. The van der Waals surface area contributed by atoms with Crippen molar-refractivity contribution >= 4 is 42.0 Å².